The van der Waals surface area contributed by atoms with Gasteiger partial charge in [0.1, 0.15) is 0 Å². The molecule has 0 aliphatic carbocycles. The van der Waals surface area contributed by atoms with Gasteiger partial charge in [-0.25, -0.2) is 0 Å². The molecule has 1 unspecified atom stereocenters. The van der Waals surface area contributed by atoms with Crippen LogP contribution in [0.3, 0.4) is 0 Å². The highest BCUT2D eigenvalue weighted by Gasteiger charge is 2.29. The largest absolute Gasteiger partial charge is 0.340 e. The Hall–Kier alpha value is -1.12. The lowest BCUT2D eigenvalue weighted by atomic mass is 9.90. The zero-order chi connectivity index (χ0) is 12.9. The van der Waals surface area contributed by atoms with Crippen molar-refractivity contribution in [3.05, 3.63) is 12.2 Å². The molecule has 16 heavy (non-hydrogen) atoms. The van der Waals surface area contributed by atoms with E-state index in [1.165, 1.54) is 0 Å². The molecule has 0 saturated carbocycles. The molecule has 0 rings (SSSR count). The highest BCUT2D eigenvalue weighted by Crippen LogP contribution is 2.15. The van der Waals surface area contributed by atoms with Gasteiger partial charge in [-0.1, -0.05) is 26.8 Å². The molecule has 0 bridgehead atoms. The molecule has 0 radical (unpaired) electrons. The Morgan fingerprint density at radius 2 is 1.88 bits per heavy atom. The number of hydrogen-bond donors (Lipinski definition) is 1. The molecule has 0 heterocycles. The van der Waals surface area contributed by atoms with Gasteiger partial charge in [0.05, 0.1) is 5.54 Å². The monoisotopic (exact) mass is 225 g/mol. The van der Waals surface area contributed by atoms with Crippen molar-refractivity contribution in [2.45, 2.75) is 53.0 Å². The van der Waals surface area contributed by atoms with Crippen molar-refractivity contribution >= 4 is 11.7 Å². The van der Waals surface area contributed by atoms with Crippen LogP contribution in [0.1, 0.15) is 47.5 Å². The number of carbonyl (C=O) groups is 2. The summed E-state index contributed by atoms with van der Waals surface area (Å²) in [4.78, 5) is 23.4. The zero-order valence-corrected chi connectivity index (χ0v) is 11.0. The first-order valence-electron chi connectivity index (χ1n) is 5.72. The Balaban J connectivity index is 4.48. The summed E-state index contributed by atoms with van der Waals surface area (Å²) < 4.78 is 0. The summed E-state index contributed by atoms with van der Waals surface area (Å²) in [6.45, 7) is 12.7. The van der Waals surface area contributed by atoms with Gasteiger partial charge in [0.25, 0.3) is 0 Å². The normalized spacial score (nSPS) is 13.1. The van der Waals surface area contributed by atoms with E-state index in [-0.39, 0.29) is 11.7 Å². The van der Waals surface area contributed by atoms with Crippen molar-refractivity contribution in [3.8, 4) is 0 Å². The third-order valence-electron chi connectivity index (χ3n) is 2.74. The molecular weight excluding hydrogens is 202 g/mol. The molecule has 0 aliphatic heterocycles. The van der Waals surface area contributed by atoms with E-state index >= 15 is 0 Å². The summed E-state index contributed by atoms with van der Waals surface area (Å²) in [6.07, 6.45) is 1.47. The number of Topliss-reactive ketones (excluding diaryl/α,β-unsaturated/α-hetero) is 1. The van der Waals surface area contributed by atoms with Crippen molar-refractivity contribution in [2.75, 3.05) is 0 Å². The van der Waals surface area contributed by atoms with E-state index in [0.29, 0.717) is 17.9 Å². The first-order valence-corrected chi connectivity index (χ1v) is 5.72. The average molecular weight is 225 g/mol. The third-order valence-corrected chi connectivity index (χ3v) is 2.74. The molecular formula is C13H23NO2. The lowest BCUT2D eigenvalue weighted by molar-refractivity contribution is -0.129. The van der Waals surface area contributed by atoms with Crippen molar-refractivity contribution in [2.24, 2.45) is 5.92 Å². The van der Waals surface area contributed by atoms with Gasteiger partial charge in [-0.3, -0.25) is 9.59 Å². The molecule has 0 aliphatic rings. The second-order valence-electron chi connectivity index (χ2n) is 5.00. The smallest absolute Gasteiger partial charge is 0.247 e. The number of carbonyl (C=O) groups excluding carboxylic acids is 2. The van der Waals surface area contributed by atoms with E-state index in [9.17, 15) is 9.59 Å². The molecule has 1 amide bonds. The van der Waals surface area contributed by atoms with Crippen molar-refractivity contribution < 1.29 is 9.59 Å². The van der Waals surface area contributed by atoms with Crippen LogP contribution in [0.15, 0.2) is 12.2 Å². The first kappa shape index (κ1) is 14.9. The highest BCUT2D eigenvalue weighted by atomic mass is 16.2. The van der Waals surface area contributed by atoms with Gasteiger partial charge in [0.2, 0.25) is 5.91 Å². The number of rotatable bonds is 6. The Bertz CT molecular complexity index is 292. The Labute approximate surface area is 98.3 Å². The van der Waals surface area contributed by atoms with Crippen LogP contribution < -0.4 is 5.32 Å². The molecule has 0 aromatic heterocycles. The van der Waals surface area contributed by atoms with Crippen LogP contribution in [0.5, 0.6) is 0 Å². The minimum atomic E-state index is -0.806. The van der Waals surface area contributed by atoms with Gasteiger partial charge in [-0.05, 0) is 26.7 Å². The molecule has 92 valence electrons. The van der Waals surface area contributed by atoms with Crippen LogP contribution in [0.2, 0.25) is 0 Å². The number of nitrogens with one attached hydrogen (secondary N) is 1. The SMILES string of the molecule is C=C(C)C(=O)NC(C)(C)C(=O)CC(C)CC. The topological polar surface area (TPSA) is 46.2 Å². The van der Waals surface area contributed by atoms with Crippen LogP contribution in [-0.4, -0.2) is 17.2 Å². The first-order chi connectivity index (χ1) is 7.20. The summed E-state index contributed by atoms with van der Waals surface area (Å²) in [5, 5.41) is 2.70. The Morgan fingerprint density at radius 1 is 1.38 bits per heavy atom. The van der Waals surface area contributed by atoms with Crippen LogP contribution in [0.4, 0.5) is 0 Å². The predicted molar refractivity (Wildman–Crippen MR) is 66.1 cm³/mol. The minimum absolute atomic E-state index is 0.0662. The van der Waals surface area contributed by atoms with Crippen molar-refractivity contribution in [1.29, 1.82) is 0 Å². The Kier molecular flexibility index (Phi) is 5.42. The highest BCUT2D eigenvalue weighted by molar-refractivity contribution is 5.98. The summed E-state index contributed by atoms with van der Waals surface area (Å²) in [7, 11) is 0. The standard InChI is InChI=1S/C13H23NO2/c1-7-10(4)8-11(15)13(5,6)14-12(16)9(2)3/h10H,2,7-8H2,1,3-6H3,(H,14,16). The van der Waals surface area contributed by atoms with Gasteiger partial charge in [-0.15, -0.1) is 0 Å². The zero-order valence-electron chi connectivity index (χ0n) is 11.0. The van der Waals surface area contributed by atoms with Gasteiger partial charge < -0.3 is 5.32 Å². The summed E-state index contributed by atoms with van der Waals surface area (Å²) >= 11 is 0. The number of amides is 1. The van der Waals surface area contributed by atoms with Gasteiger partial charge >= 0.3 is 0 Å². The molecule has 0 aromatic carbocycles. The molecule has 1 atom stereocenters. The second kappa shape index (κ2) is 5.83. The van der Waals surface area contributed by atoms with Gasteiger partial charge in [0.15, 0.2) is 5.78 Å². The predicted octanol–water partition coefficient (Wildman–Crippen LogP) is 2.46. The third kappa shape index (κ3) is 4.60. The van der Waals surface area contributed by atoms with E-state index in [0.717, 1.165) is 6.42 Å². The van der Waals surface area contributed by atoms with E-state index in [4.69, 9.17) is 0 Å². The molecule has 1 N–H and O–H groups in total. The van der Waals surface area contributed by atoms with E-state index < -0.39 is 5.54 Å². The van der Waals surface area contributed by atoms with Gasteiger partial charge in [0, 0.05) is 12.0 Å². The maximum Gasteiger partial charge on any atom is 0.247 e. The average Bonchev–Trinajstić information content (AvgIpc) is 2.16. The van der Waals surface area contributed by atoms with Crippen molar-refractivity contribution in [1.82, 2.24) is 5.32 Å². The maximum absolute atomic E-state index is 11.9. The molecule has 0 aromatic rings. The van der Waals surface area contributed by atoms with Crippen LogP contribution in [-0.2, 0) is 9.59 Å². The van der Waals surface area contributed by atoms with E-state index in [1.807, 2.05) is 6.92 Å². The quantitative estimate of drug-likeness (QED) is 0.706. The van der Waals surface area contributed by atoms with E-state index in [2.05, 4.69) is 18.8 Å². The molecule has 0 fully saturated rings. The minimum Gasteiger partial charge on any atom is -0.340 e. The molecule has 0 saturated heterocycles. The number of ketones is 1. The molecule has 3 nitrogen and oxygen atoms in total. The van der Waals surface area contributed by atoms with Crippen LogP contribution >= 0.6 is 0 Å². The lowest BCUT2D eigenvalue weighted by Gasteiger charge is -2.26. The summed E-state index contributed by atoms with van der Waals surface area (Å²) in [6, 6.07) is 0. The maximum atomic E-state index is 11.9. The van der Waals surface area contributed by atoms with E-state index in [1.54, 1.807) is 20.8 Å². The summed E-state index contributed by atoms with van der Waals surface area (Å²) in [5.41, 5.74) is -0.385. The lowest BCUT2D eigenvalue weighted by Crippen LogP contribution is -2.50. The fourth-order valence-corrected chi connectivity index (χ4v) is 1.18. The summed E-state index contributed by atoms with van der Waals surface area (Å²) in [5.74, 6) is 0.160. The molecule has 3 heteroatoms. The van der Waals surface area contributed by atoms with Crippen LogP contribution in [0, 0.1) is 5.92 Å². The molecule has 0 spiro atoms. The van der Waals surface area contributed by atoms with Gasteiger partial charge in [-0.2, -0.15) is 0 Å². The second-order valence-corrected chi connectivity index (χ2v) is 5.00. The van der Waals surface area contributed by atoms with Crippen LogP contribution in [0.25, 0.3) is 0 Å². The Morgan fingerprint density at radius 3 is 2.25 bits per heavy atom. The fraction of sp³-hybridized carbons (Fsp3) is 0.692. The fourth-order valence-electron chi connectivity index (χ4n) is 1.18. The number of hydrogen-bond acceptors (Lipinski definition) is 2. The van der Waals surface area contributed by atoms with Crippen molar-refractivity contribution in [3.63, 3.8) is 0 Å².